The van der Waals surface area contributed by atoms with Crippen LogP contribution in [0.3, 0.4) is 0 Å². The van der Waals surface area contributed by atoms with E-state index < -0.39 is 0 Å². The number of aliphatic imine (C=N–C) groups is 1. The standard InChI is InChI=1S/C26H23NO3/c1-3-10-24(27-2)26(28)23-16-15-22(29-18-20-11-6-4-7-12-20)17-25(23)30-19-21-13-8-5-9-14-21/h3-17H,1-2,18-19H2/b24-10-. The minimum Gasteiger partial charge on any atom is -0.489 e. The summed E-state index contributed by atoms with van der Waals surface area (Å²) >= 11 is 0. The molecule has 0 aliphatic rings. The van der Waals surface area contributed by atoms with Crippen molar-refractivity contribution in [2.45, 2.75) is 13.2 Å². The second-order valence-electron chi connectivity index (χ2n) is 6.48. The van der Waals surface area contributed by atoms with Crippen molar-refractivity contribution in [2.75, 3.05) is 0 Å². The first-order chi connectivity index (χ1) is 14.7. The average molecular weight is 397 g/mol. The van der Waals surface area contributed by atoms with Crippen LogP contribution in [0, 0.1) is 0 Å². The maximum absolute atomic E-state index is 12.9. The second-order valence-corrected chi connectivity index (χ2v) is 6.48. The Kier molecular flexibility index (Phi) is 7.34. The Balaban J connectivity index is 1.86. The number of hydrogen-bond donors (Lipinski definition) is 0. The molecule has 3 rings (SSSR count). The number of hydrogen-bond acceptors (Lipinski definition) is 4. The topological polar surface area (TPSA) is 47.9 Å². The molecule has 0 N–H and O–H groups in total. The van der Waals surface area contributed by atoms with Crippen LogP contribution in [0.5, 0.6) is 11.5 Å². The van der Waals surface area contributed by atoms with Gasteiger partial charge in [-0.25, -0.2) is 0 Å². The molecule has 0 saturated heterocycles. The Bertz CT molecular complexity index is 1040. The van der Waals surface area contributed by atoms with Crippen molar-refractivity contribution in [2.24, 2.45) is 4.99 Å². The Labute approximate surface area is 176 Å². The van der Waals surface area contributed by atoms with E-state index in [0.717, 1.165) is 11.1 Å². The zero-order valence-electron chi connectivity index (χ0n) is 16.7. The molecule has 0 aromatic heterocycles. The molecular weight excluding hydrogens is 374 g/mol. The molecule has 0 unspecified atom stereocenters. The molecule has 0 bridgehead atoms. The lowest BCUT2D eigenvalue weighted by Gasteiger charge is -2.14. The molecule has 0 heterocycles. The third kappa shape index (κ3) is 5.55. The maximum atomic E-state index is 12.9. The van der Waals surface area contributed by atoms with Crippen molar-refractivity contribution in [1.29, 1.82) is 0 Å². The molecule has 0 aliphatic heterocycles. The molecule has 0 fully saturated rings. The van der Waals surface area contributed by atoms with Gasteiger partial charge in [-0.3, -0.25) is 9.79 Å². The van der Waals surface area contributed by atoms with Crippen molar-refractivity contribution in [1.82, 2.24) is 0 Å². The zero-order chi connectivity index (χ0) is 21.2. The Hall–Kier alpha value is -3.92. The number of benzene rings is 3. The summed E-state index contributed by atoms with van der Waals surface area (Å²) in [6.07, 6.45) is 3.03. The third-order valence-corrected chi connectivity index (χ3v) is 4.36. The fraction of sp³-hybridized carbons (Fsp3) is 0.0769. The summed E-state index contributed by atoms with van der Waals surface area (Å²) in [5, 5.41) is 0. The molecule has 0 amide bonds. The fourth-order valence-electron chi connectivity index (χ4n) is 2.83. The van der Waals surface area contributed by atoms with E-state index in [9.17, 15) is 4.79 Å². The Morgan fingerprint density at radius 2 is 1.47 bits per heavy atom. The quantitative estimate of drug-likeness (QED) is 0.188. The van der Waals surface area contributed by atoms with Gasteiger partial charge in [0.15, 0.2) is 0 Å². The molecule has 0 saturated carbocycles. The van der Waals surface area contributed by atoms with E-state index in [1.54, 1.807) is 18.2 Å². The number of carbonyl (C=O) groups is 1. The number of nitrogens with zero attached hydrogens (tertiary/aromatic N) is 1. The number of Topliss-reactive ketones (excluding diaryl/α,β-unsaturated/α-hetero) is 1. The third-order valence-electron chi connectivity index (χ3n) is 4.36. The van der Waals surface area contributed by atoms with Gasteiger partial charge in [-0.15, -0.1) is 0 Å². The van der Waals surface area contributed by atoms with Gasteiger partial charge in [0, 0.05) is 6.07 Å². The summed E-state index contributed by atoms with van der Waals surface area (Å²) < 4.78 is 11.9. The van der Waals surface area contributed by atoms with Gasteiger partial charge in [0.1, 0.15) is 30.4 Å². The smallest absolute Gasteiger partial charge is 0.215 e. The van der Waals surface area contributed by atoms with Crippen molar-refractivity contribution >= 4 is 12.5 Å². The second kappa shape index (κ2) is 10.6. The molecule has 0 radical (unpaired) electrons. The maximum Gasteiger partial charge on any atom is 0.215 e. The molecular formula is C26H23NO3. The van der Waals surface area contributed by atoms with Gasteiger partial charge in [-0.2, -0.15) is 0 Å². The van der Waals surface area contributed by atoms with Gasteiger partial charge in [0.05, 0.1) is 5.56 Å². The highest BCUT2D eigenvalue weighted by Gasteiger charge is 2.17. The molecule has 0 atom stereocenters. The van der Waals surface area contributed by atoms with E-state index in [4.69, 9.17) is 9.47 Å². The van der Waals surface area contributed by atoms with E-state index >= 15 is 0 Å². The summed E-state index contributed by atoms with van der Waals surface area (Å²) in [5.74, 6) is 0.745. The van der Waals surface area contributed by atoms with Gasteiger partial charge in [-0.05, 0) is 36.1 Å². The molecule has 4 heteroatoms. The van der Waals surface area contributed by atoms with Gasteiger partial charge in [0.2, 0.25) is 5.78 Å². The van der Waals surface area contributed by atoms with Crippen molar-refractivity contribution in [3.05, 3.63) is 120 Å². The van der Waals surface area contributed by atoms with Gasteiger partial charge < -0.3 is 9.47 Å². The van der Waals surface area contributed by atoms with E-state index in [1.807, 2.05) is 60.7 Å². The van der Waals surface area contributed by atoms with Gasteiger partial charge >= 0.3 is 0 Å². The van der Waals surface area contributed by atoms with Crippen LogP contribution in [0.1, 0.15) is 21.5 Å². The van der Waals surface area contributed by atoms with Crippen LogP contribution in [0.25, 0.3) is 0 Å². The number of ketones is 1. The average Bonchev–Trinajstić information content (AvgIpc) is 2.81. The molecule has 4 nitrogen and oxygen atoms in total. The highest BCUT2D eigenvalue weighted by atomic mass is 16.5. The van der Waals surface area contributed by atoms with E-state index in [2.05, 4.69) is 18.3 Å². The van der Waals surface area contributed by atoms with Crippen LogP contribution >= 0.6 is 0 Å². The first kappa shape index (κ1) is 20.8. The molecule has 3 aromatic carbocycles. The van der Waals surface area contributed by atoms with Crippen LogP contribution in [-0.2, 0) is 13.2 Å². The predicted molar refractivity (Wildman–Crippen MR) is 120 cm³/mol. The number of allylic oxidation sites excluding steroid dienone is 3. The minimum atomic E-state index is -0.289. The monoisotopic (exact) mass is 397 g/mol. The van der Waals surface area contributed by atoms with Crippen molar-refractivity contribution < 1.29 is 14.3 Å². The highest BCUT2D eigenvalue weighted by molar-refractivity contribution is 6.10. The summed E-state index contributed by atoms with van der Waals surface area (Å²) in [6.45, 7) is 7.84. The van der Waals surface area contributed by atoms with Gasteiger partial charge in [0.25, 0.3) is 0 Å². The largest absolute Gasteiger partial charge is 0.489 e. The van der Waals surface area contributed by atoms with Crippen LogP contribution in [0.15, 0.2) is 108 Å². The highest BCUT2D eigenvalue weighted by Crippen LogP contribution is 2.29. The van der Waals surface area contributed by atoms with Gasteiger partial charge in [-0.1, -0.05) is 73.3 Å². The van der Waals surface area contributed by atoms with E-state index in [-0.39, 0.29) is 11.5 Å². The van der Waals surface area contributed by atoms with Crippen LogP contribution in [-0.4, -0.2) is 12.5 Å². The zero-order valence-corrected chi connectivity index (χ0v) is 16.7. The van der Waals surface area contributed by atoms with E-state index in [0.29, 0.717) is 30.3 Å². The summed E-state index contributed by atoms with van der Waals surface area (Å²) in [4.78, 5) is 16.7. The molecule has 3 aromatic rings. The lowest BCUT2D eigenvalue weighted by atomic mass is 10.1. The summed E-state index contributed by atoms with van der Waals surface area (Å²) in [7, 11) is 0. The first-order valence-corrected chi connectivity index (χ1v) is 9.53. The Morgan fingerprint density at radius 3 is 2.03 bits per heavy atom. The lowest BCUT2D eigenvalue weighted by molar-refractivity contribution is 0.102. The van der Waals surface area contributed by atoms with Crippen LogP contribution < -0.4 is 9.47 Å². The van der Waals surface area contributed by atoms with Crippen LogP contribution in [0.2, 0.25) is 0 Å². The lowest BCUT2D eigenvalue weighted by Crippen LogP contribution is -2.07. The number of carbonyl (C=O) groups excluding carboxylic acids is 1. The molecule has 0 aliphatic carbocycles. The first-order valence-electron chi connectivity index (χ1n) is 9.53. The molecule has 30 heavy (non-hydrogen) atoms. The van der Waals surface area contributed by atoms with Crippen molar-refractivity contribution in [3.63, 3.8) is 0 Å². The van der Waals surface area contributed by atoms with E-state index in [1.165, 1.54) is 12.2 Å². The number of rotatable bonds is 10. The Morgan fingerprint density at radius 1 is 0.867 bits per heavy atom. The predicted octanol–water partition coefficient (Wildman–Crippen LogP) is 5.80. The minimum absolute atomic E-state index is 0.201. The van der Waals surface area contributed by atoms with Crippen LogP contribution in [0.4, 0.5) is 0 Å². The summed E-state index contributed by atoms with van der Waals surface area (Å²) in [5.41, 5.74) is 2.64. The normalized spacial score (nSPS) is 10.9. The fourth-order valence-corrected chi connectivity index (χ4v) is 2.83. The summed E-state index contributed by atoms with van der Waals surface area (Å²) in [6, 6.07) is 24.8. The molecule has 150 valence electrons. The van der Waals surface area contributed by atoms with Crippen molar-refractivity contribution in [3.8, 4) is 11.5 Å². The number of ether oxygens (including phenoxy) is 2. The molecule has 0 spiro atoms. The SMILES string of the molecule is C=C/C=C(\N=C)C(=O)c1ccc(OCc2ccccc2)cc1OCc1ccccc1.